The molecule has 0 radical (unpaired) electrons. The molecule has 1 aliphatic heterocycles. The molecule has 0 unspecified atom stereocenters. The monoisotopic (exact) mass is 357 g/mol. The van der Waals surface area contributed by atoms with Crippen LogP contribution in [0.2, 0.25) is 0 Å². The Balaban J connectivity index is 1.74. The zero-order valence-corrected chi connectivity index (χ0v) is 15.4. The van der Waals surface area contributed by atoms with E-state index in [1.54, 1.807) is 11.9 Å². The summed E-state index contributed by atoms with van der Waals surface area (Å²) in [6, 6.07) is 7.34. The largest absolute Gasteiger partial charge is 0.354 e. The SMILES string of the molecule is CC(=O)N(C)c1ccc(Nc2ncc(F)c(N3CCC(C)CC3)n2)cc1. The van der Waals surface area contributed by atoms with Gasteiger partial charge in [0.1, 0.15) is 0 Å². The van der Waals surface area contributed by atoms with Gasteiger partial charge in [-0.05, 0) is 43.0 Å². The van der Waals surface area contributed by atoms with Crippen LogP contribution in [0, 0.1) is 11.7 Å². The lowest BCUT2D eigenvalue weighted by Crippen LogP contribution is -2.34. The number of carbonyl (C=O) groups excluding carboxylic acids is 1. The molecule has 1 amide bonds. The molecule has 26 heavy (non-hydrogen) atoms. The summed E-state index contributed by atoms with van der Waals surface area (Å²) in [5.41, 5.74) is 1.57. The van der Waals surface area contributed by atoms with Crippen LogP contribution in [-0.2, 0) is 4.79 Å². The van der Waals surface area contributed by atoms with E-state index < -0.39 is 5.82 Å². The molecule has 2 heterocycles. The predicted octanol–water partition coefficient (Wildman–Crippen LogP) is 3.58. The van der Waals surface area contributed by atoms with Crippen molar-refractivity contribution in [2.24, 2.45) is 5.92 Å². The van der Waals surface area contributed by atoms with E-state index in [0.29, 0.717) is 17.7 Å². The Labute approximate surface area is 153 Å². The summed E-state index contributed by atoms with van der Waals surface area (Å²) in [6.45, 7) is 5.34. The Morgan fingerprint density at radius 2 is 1.92 bits per heavy atom. The summed E-state index contributed by atoms with van der Waals surface area (Å²) in [6.07, 6.45) is 3.29. The lowest BCUT2D eigenvalue weighted by molar-refractivity contribution is -0.116. The third-order valence-corrected chi connectivity index (χ3v) is 4.79. The second-order valence-electron chi connectivity index (χ2n) is 6.78. The summed E-state index contributed by atoms with van der Waals surface area (Å²) < 4.78 is 14.2. The van der Waals surface area contributed by atoms with E-state index in [1.165, 1.54) is 13.1 Å². The first-order valence-electron chi connectivity index (χ1n) is 8.83. The number of amides is 1. The van der Waals surface area contributed by atoms with E-state index in [0.717, 1.165) is 37.3 Å². The van der Waals surface area contributed by atoms with Crippen LogP contribution in [0.3, 0.4) is 0 Å². The number of nitrogens with one attached hydrogen (secondary N) is 1. The Hall–Kier alpha value is -2.70. The minimum Gasteiger partial charge on any atom is -0.354 e. The maximum absolute atomic E-state index is 14.2. The van der Waals surface area contributed by atoms with E-state index in [1.807, 2.05) is 29.2 Å². The number of nitrogens with zero attached hydrogens (tertiary/aromatic N) is 4. The molecule has 0 aliphatic carbocycles. The molecule has 0 atom stereocenters. The van der Waals surface area contributed by atoms with Gasteiger partial charge in [0.05, 0.1) is 6.20 Å². The number of anilines is 4. The number of hydrogen-bond donors (Lipinski definition) is 1. The van der Waals surface area contributed by atoms with Crippen molar-refractivity contribution in [2.75, 3.05) is 35.3 Å². The molecule has 7 heteroatoms. The third kappa shape index (κ3) is 4.09. The standard InChI is InChI=1S/C19H24FN5O/c1-13-8-10-25(11-9-13)18-17(20)12-21-19(23-18)22-15-4-6-16(7-5-15)24(3)14(2)26/h4-7,12-13H,8-11H2,1-3H3,(H,21,22,23). The van der Waals surface area contributed by atoms with Crippen LogP contribution >= 0.6 is 0 Å². The maximum Gasteiger partial charge on any atom is 0.229 e. The van der Waals surface area contributed by atoms with Crippen LogP contribution in [0.25, 0.3) is 0 Å². The number of benzene rings is 1. The second kappa shape index (κ2) is 7.68. The average Bonchev–Trinajstić information content (AvgIpc) is 2.64. The van der Waals surface area contributed by atoms with Gasteiger partial charge < -0.3 is 15.1 Å². The van der Waals surface area contributed by atoms with Crippen LogP contribution in [0.4, 0.5) is 27.5 Å². The number of carbonyl (C=O) groups is 1. The second-order valence-corrected chi connectivity index (χ2v) is 6.78. The zero-order valence-electron chi connectivity index (χ0n) is 15.4. The highest BCUT2D eigenvalue weighted by Crippen LogP contribution is 2.25. The van der Waals surface area contributed by atoms with Gasteiger partial charge in [-0.15, -0.1) is 0 Å². The van der Waals surface area contributed by atoms with Gasteiger partial charge in [-0.3, -0.25) is 4.79 Å². The van der Waals surface area contributed by atoms with Crippen molar-refractivity contribution in [2.45, 2.75) is 26.7 Å². The van der Waals surface area contributed by atoms with Crippen LogP contribution in [-0.4, -0.2) is 36.0 Å². The van der Waals surface area contributed by atoms with E-state index in [2.05, 4.69) is 22.2 Å². The summed E-state index contributed by atoms with van der Waals surface area (Å²) in [7, 11) is 1.72. The zero-order chi connectivity index (χ0) is 18.7. The molecular weight excluding hydrogens is 333 g/mol. The lowest BCUT2D eigenvalue weighted by atomic mass is 9.99. The first-order valence-corrected chi connectivity index (χ1v) is 8.83. The van der Waals surface area contributed by atoms with Gasteiger partial charge in [-0.2, -0.15) is 4.98 Å². The van der Waals surface area contributed by atoms with E-state index >= 15 is 0 Å². The molecule has 3 rings (SSSR count). The van der Waals surface area contributed by atoms with Crippen molar-refractivity contribution in [3.8, 4) is 0 Å². The minimum atomic E-state index is -0.400. The first-order chi connectivity index (χ1) is 12.4. The van der Waals surface area contributed by atoms with Crippen LogP contribution in [0.15, 0.2) is 30.5 Å². The number of halogens is 1. The maximum atomic E-state index is 14.2. The molecule has 1 aliphatic rings. The van der Waals surface area contributed by atoms with E-state index in [9.17, 15) is 9.18 Å². The molecule has 1 fully saturated rings. The van der Waals surface area contributed by atoms with Crippen molar-refractivity contribution in [1.82, 2.24) is 9.97 Å². The molecule has 1 saturated heterocycles. The highest BCUT2D eigenvalue weighted by atomic mass is 19.1. The van der Waals surface area contributed by atoms with Gasteiger partial charge in [0.15, 0.2) is 11.6 Å². The first kappa shape index (κ1) is 18.1. The summed E-state index contributed by atoms with van der Waals surface area (Å²) in [5, 5.41) is 3.10. The Kier molecular flexibility index (Phi) is 5.35. The molecule has 138 valence electrons. The van der Waals surface area contributed by atoms with Crippen molar-refractivity contribution in [1.29, 1.82) is 0 Å². The molecule has 2 aromatic rings. The molecular formula is C19H24FN5O. The Bertz CT molecular complexity index is 772. The van der Waals surface area contributed by atoms with Crippen LogP contribution in [0.5, 0.6) is 0 Å². The highest BCUT2D eigenvalue weighted by Gasteiger charge is 2.20. The average molecular weight is 357 g/mol. The number of aromatic nitrogens is 2. The molecule has 0 saturated carbocycles. The molecule has 0 spiro atoms. The van der Waals surface area contributed by atoms with Crippen molar-refractivity contribution < 1.29 is 9.18 Å². The Morgan fingerprint density at radius 1 is 1.27 bits per heavy atom. The topological polar surface area (TPSA) is 61.4 Å². The predicted molar refractivity (Wildman–Crippen MR) is 101 cm³/mol. The van der Waals surface area contributed by atoms with Crippen LogP contribution < -0.4 is 15.1 Å². The molecule has 1 aromatic heterocycles. The number of rotatable bonds is 4. The summed E-state index contributed by atoms with van der Waals surface area (Å²) >= 11 is 0. The highest BCUT2D eigenvalue weighted by molar-refractivity contribution is 5.91. The fraction of sp³-hybridized carbons (Fsp3) is 0.421. The molecule has 0 bridgehead atoms. The van der Waals surface area contributed by atoms with Crippen molar-refractivity contribution in [3.05, 3.63) is 36.3 Å². The van der Waals surface area contributed by atoms with Gasteiger partial charge in [0.25, 0.3) is 0 Å². The minimum absolute atomic E-state index is 0.0342. The summed E-state index contributed by atoms with van der Waals surface area (Å²) in [5.74, 6) is 0.937. The molecule has 1 N–H and O–H groups in total. The lowest BCUT2D eigenvalue weighted by Gasteiger charge is -2.31. The normalized spacial score (nSPS) is 15.0. The van der Waals surface area contributed by atoms with Gasteiger partial charge in [-0.1, -0.05) is 6.92 Å². The molecule has 6 nitrogen and oxygen atoms in total. The van der Waals surface area contributed by atoms with E-state index in [4.69, 9.17) is 0 Å². The fourth-order valence-corrected chi connectivity index (χ4v) is 2.94. The van der Waals surface area contributed by atoms with E-state index in [-0.39, 0.29) is 5.91 Å². The van der Waals surface area contributed by atoms with Gasteiger partial charge in [-0.25, -0.2) is 9.37 Å². The molecule has 1 aromatic carbocycles. The van der Waals surface area contributed by atoms with Gasteiger partial charge in [0, 0.05) is 38.4 Å². The summed E-state index contributed by atoms with van der Waals surface area (Å²) in [4.78, 5) is 23.4. The van der Waals surface area contributed by atoms with Crippen molar-refractivity contribution in [3.63, 3.8) is 0 Å². The smallest absolute Gasteiger partial charge is 0.229 e. The fourth-order valence-electron chi connectivity index (χ4n) is 2.94. The number of piperidine rings is 1. The van der Waals surface area contributed by atoms with Crippen LogP contribution in [0.1, 0.15) is 26.7 Å². The van der Waals surface area contributed by atoms with Crippen molar-refractivity contribution >= 4 is 29.0 Å². The number of hydrogen-bond acceptors (Lipinski definition) is 5. The Morgan fingerprint density at radius 3 is 2.54 bits per heavy atom. The van der Waals surface area contributed by atoms with Gasteiger partial charge >= 0.3 is 0 Å². The third-order valence-electron chi connectivity index (χ3n) is 4.79. The quantitative estimate of drug-likeness (QED) is 0.906. The van der Waals surface area contributed by atoms with Gasteiger partial charge in [0.2, 0.25) is 11.9 Å².